The SMILES string of the molecule is CNc1cc(N(C)C2CCCCC2O)ccn1. The Kier molecular flexibility index (Phi) is 3.84. The van der Waals surface area contributed by atoms with Crippen LogP contribution >= 0.6 is 0 Å². The van der Waals surface area contributed by atoms with E-state index in [2.05, 4.69) is 15.2 Å². The molecule has 94 valence electrons. The van der Waals surface area contributed by atoms with Crippen molar-refractivity contribution in [1.29, 1.82) is 0 Å². The van der Waals surface area contributed by atoms with Crippen LogP contribution in [0.25, 0.3) is 0 Å². The van der Waals surface area contributed by atoms with Crippen molar-refractivity contribution >= 4 is 11.5 Å². The van der Waals surface area contributed by atoms with Crippen LogP contribution in [0.5, 0.6) is 0 Å². The van der Waals surface area contributed by atoms with Gasteiger partial charge in [-0.15, -0.1) is 0 Å². The summed E-state index contributed by atoms with van der Waals surface area (Å²) in [5.74, 6) is 0.861. The second-order valence-electron chi connectivity index (χ2n) is 4.68. The van der Waals surface area contributed by atoms with Crippen LogP contribution in [0.3, 0.4) is 0 Å². The lowest BCUT2D eigenvalue weighted by atomic mass is 9.91. The Balaban J connectivity index is 2.14. The zero-order valence-corrected chi connectivity index (χ0v) is 10.6. The molecule has 0 aliphatic heterocycles. The number of anilines is 2. The molecule has 0 bridgehead atoms. The normalized spacial score (nSPS) is 24.4. The Morgan fingerprint density at radius 1 is 1.41 bits per heavy atom. The van der Waals surface area contributed by atoms with Gasteiger partial charge < -0.3 is 15.3 Å². The van der Waals surface area contributed by atoms with Gasteiger partial charge >= 0.3 is 0 Å². The number of likely N-dealkylation sites (N-methyl/N-ethyl adjacent to an activating group) is 1. The summed E-state index contributed by atoms with van der Waals surface area (Å²) in [7, 11) is 3.91. The highest BCUT2D eigenvalue weighted by molar-refractivity contribution is 5.54. The van der Waals surface area contributed by atoms with E-state index in [-0.39, 0.29) is 12.1 Å². The third kappa shape index (κ3) is 2.69. The maximum absolute atomic E-state index is 10.1. The van der Waals surface area contributed by atoms with Gasteiger partial charge in [0.25, 0.3) is 0 Å². The van der Waals surface area contributed by atoms with Crippen LogP contribution < -0.4 is 10.2 Å². The third-order valence-electron chi connectivity index (χ3n) is 3.60. The minimum Gasteiger partial charge on any atom is -0.391 e. The zero-order chi connectivity index (χ0) is 12.3. The van der Waals surface area contributed by atoms with Gasteiger partial charge in [-0.05, 0) is 18.9 Å². The Bertz CT molecular complexity index is 369. The van der Waals surface area contributed by atoms with Crippen LogP contribution in [0.2, 0.25) is 0 Å². The zero-order valence-electron chi connectivity index (χ0n) is 10.6. The predicted molar refractivity (Wildman–Crippen MR) is 70.4 cm³/mol. The fourth-order valence-electron chi connectivity index (χ4n) is 2.51. The number of pyridine rings is 1. The lowest BCUT2D eigenvalue weighted by molar-refractivity contribution is 0.106. The van der Waals surface area contributed by atoms with E-state index >= 15 is 0 Å². The van der Waals surface area contributed by atoms with Gasteiger partial charge in [0, 0.05) is 32.0 Å². The molecule has 4 nitrogen and oxygen atoms in total. The van der Waals surface area contributed by atoms with E-state index in [4.69, 9.17) is 0 Å². The maximum atomic E-state index is 10.1. The summed E-state index contributed by atoms with van der Waals surface area (Å²) in [5.41, 5.74) is 1.11. The molecule has 0 amide bonds. The molecule has 1 saturated carbocycles. The first-order valence-electron chi connectivity index (χ1n) is 6.27. The number of nitrogens with one attached hydrogen (secondary N) is 1. The van der Waals surface area contributed by atoms with Gasteiger partial charge in [-0.1, -0.05) is 12.8 Å². The minimum absolute atomic E-state index is 0.208. The standard InChI is InChI=1S/C13H21N3O/c1-14-13-9-10(7-8-15-13)16(2)11-5-3-4-6-12(11)17/h7-9,11-12,17H,3-6H2,1-2H3,(H,14,15). The highest BCUT2D eigenvalue weighted by Crippen LogP contribution is 2.27. The summed E-state index contributed by atoms with van der Waals surface area (Å²) in [6.45, 7) is 0. The van der Waals surface area contributed by atoms with E-state index in [0.29, 0.717) is 0 Å². The highest BCUT2D eigenvalue weighted by Gasteiger charge is 2.26. The molecule has 17 heavy (non-hydrogen) atoms. The molecule has 1 fully saturated rings. The lowest BCUT2D eigenvalue weighted by Crippen LogP contribution is -2.43. The van der Waals surface area contributed by atoms with Crippen molar-refractivity contribution in [3.05, 3.63) is 18.3 Å². The molecule has 1 aliphatic carbocycles. The van der Waals surface area contributed by atoms with Crippen molar-refractivity contribution in [2.24, 2.45) is 0 Å². The van der Waals surface area contributed by atoms with Crippen LogP contribution in [0.15, 0.2) is 18.3 Å². The van der Waals surface area contributed by atoms with Gasteiger partial charge in [-0.2, -0.15) is 0 Å². The lowest BCUT2D eigenvalue weighted by Gasteiger charge is -2.36. The predicted octanol–water partition coefficient (Wildman–Crippen LogP) is 1.86. The largest absolute Gasteiger partial charge is 0.391 e. The van der Waals surface area contributed by atoms with Crippen molar-refractivity contribution in [2.45, 2.75) is 37.8 Å². The molecular weight excluding hydrogens is 214 g/mol. The van der Waals surface area contributed by atoms with Gasteiger partial charge in [-0.25, -0.2) is 4.98 Å². The molecule has 2 N–H and O–H groups in total. The van der Waals surface area contributed by atoms with Crippen molar-refractivity contribution in [2.75, 3.05) is 24.3 Å². The van der Waals surface area contributed by atoms with Gasteiger partial charge in [0.05, 0.1) is 12.1 Å². The van der Waals surface area contributed by atoms with E-state index in [1.165, 1.54) is 6.42 Å². The molecule has 0 spiro atoms. The molecule has 0 radical (unpaired) electrons. The number of aromatic nitrogens is 1. The average Bonchev–Trinajstić information content (AvgIpc) is 2.38. The molecule has 0 aromatic carbocycles. The van der Waals surface area contributed by atoms with E-state index in [1.54, 1.807) is 6.20 Å². The van der Waals surface area contributed by atoms with Crippen molar-refractivity contribution in [3.63, 3.8) is 0 Å². The highest BCUT2D eigenvalue weighted by atomic mass is 16.3. The minimum atomic E-state index is -0.208. The number of rotatable bonds is 3. The van der Waals surface area contributed by atoms with E-state index in [1.807, 2.05) is 26.2 Å². The van der Waals surface area contributed by atoms with E-state index < -0.39 is 0 Å². The monoisotopic (exact) mass is 235 g/mol. The number of hydrogen-bond donors (Lipinski definition) is 2. The van der Waals surface area contributed by atoms with Gasteiger partial charge in [0.1, 0.15) is 5.82 Å². The molecule has 2 atom stereocenters. The third-order valence-corrected chi connectivity index (χ3v) is 3.60. The van der Waals surface area contributed by atoms with Gasteiger partial charge in [0.15, 0.2) is 0 Å². The first kappa shape index (κ1) is 12.2. The fraction of sp³-hybridized carbons (Fsp3) is 0.615. The van der Waals surface area contributed by atoms with E-state index in [9.17, 15) is 5.11 Å². The van der Waals surface area contributed by atoms with E-state index in [0.717, 1.165) is 30.8 Å². The number of aliphatic hydroxyl groups is 1. The fourth-order valence-corrected chi connectivity index (χ4v) is 2.51. The Morgan fingerprint density at radius 3 is 2.88 bits per heavy atom. The summed E-state index contributed by atoms with van der Waals surface area (Å²) in [6.07, 6.45) is 5.92. The van der Waals surface area contributed by atoms with Crippen molar-refractivity contribution in [1.82, 2.24) is 4.98 Å². The molecule has 1 heterocycles. The van der Waals surface area contributed by atoms with Crippen LogP contribution in [-0.4, -0.2) is 36.3 Å². The second-order valence-corrected chi connectivity index (χ2v) is 4.68. The van der Waals surface area contributed by atoms with Gasteiger partial charge in [-0.3, -0.25) is 0 Å². The van der Waals surface area contributed by atoms with Crippen molar-refractivity contribution < 1.29 is 5.11 Å². The van der Waals surface area contributed by atoms with Crippen LogP contribution in [0.4, 0.5) is 11.5 Å². The van der Waals surface area contributed by atoms with Crippen LogP contribution in [-0.2, 0) is 0 Å². The second kappa shape index (κ2) is 5.36. The summed E-state index contributed by atoms with van der Waals surface area (Å²) in [6, 6.07) is 4.24. The van der Waals surface area contributed by atoms with Crippen LogP contribution in [0.1, 0.15) is 25.7 Å². The average molecular weight is 235 g/mol. The van der Waals surface area contributed by atoms with Crippen LogP contribution in [0, 0.1) is 0 Å². The topological polar surface area (TPSA) is 48.4 Å². The molecule has 1 aromatic rings. The molecule has 2 rings (SSSR count). The number of aliphatic hydroxyl groups excluding tert-OH is 1. The van der Waals surface area contributed by atoms with Crippen molar-refractivity contribution in [3.8, 4) is 0 Å². The summed E-state index contributed by atoms with van der Waals surface area (Å²) >= 11 is 0. The Hall–Kier alpha value is -1.29. The quantitative estimate of drug-likeness (QED) is 0.839. The smallest absolute Gasteiger partial charge is 0.127 e. The summed E-state index contributed by atoms with van der Waals surface area (Å²) < 4.78 is 0. The number of hydrogen-bond acceptors (Lipinski definition) is 4. The molecule has 2 unspecified atom stereocenters. The first-order valence-corrected chi connectivity index (χ1v) is 6.27. The van der Waals surface area contributed by atoms with Gasteiger partial charge in [0.2, 0.25) is 0 Å². The number of nitrogens with zero attached hydrogens (tertiary/aromatic N) is 2. The molecule has 1 aromatic heterocycles. The molecule has 4 heteroatoms. The first-order chi connectivity index (χ1) is 8.22. The Labute approximate surface area is 103 Å². The summed E-state index contributed by atoms with van der Waals surface area (Å²) in [5, 5.41) is 13.1. The molecule has 1 aliphatic rings. The molecular formula is C13H21N3O. The summed E-state index contributed by atoms with van der Waals surface area (Å²) in [4.78, 5) is 6.38. The Morgan fingerprint density at radius 2 is 2.18 bits per heavy atom. The maximum Gasteiger partial charge on any atom is 0.127 e. The molecule has 0 saturated heterocycles.